The van der Waals surface area contributed by atoms with E-state index in [2.05, 4.69) is 21.2 Å². The average Bonchev–Trinajstić information content (AvgIpc) is 2.45. The van der Waals surface area contributed by atoms with Crippen molar-refractivity contribution in [1.82, 2.24) is 5.32 Å². The van der Waals surface area contributed by atoms with E-state index in [0.717, 1.165) is 0 Å². The highest BCUT2D eigenvalue weighted by Gasteiger charge is 2.14. The van der Waals surface area contributed by atoms with Gasteiger partial charge in [0.2, 0.25) is 0 Å². The molecular weight excluding hydrogens is 314 g/mol. The Morgan fingerprint density at radius 3 is 2.47 bits per heavy atom. The molecule has 1 unspecified atom stereocenters. The number of alkyl halides is 1. The Morgan fingerprint density at radius 2 is 1.95 bits per heavy atom. The number of rotatable bonds is 7. The van der Waals surface area contributed by atoms with Crippen molar-refractivity contribution < 1.29 is 19.0 Å². The maximum atomic E-state index is 12.1. The number of carbonyl (C=O) groups is 1. The van der Waals surface area contributed by atoms with Crippen molar-refractivity contribution in [3.8, 4) is 11.5 Å². The summed E-state index contributed by atoms with van der Waals surface area (Å²) in [5.41, 5.74) is 0.514. The van der Waals surface area contributed by atoms with Gasteiger partial charge in [0.15, 0.2) is 11.5 Å². The molecule has 106 valence electrons. The van der Waals surface area contributed by atoms with Gasteiger partial charge in [-0.15, -0.1) is 0 Å². The van der Waals surface area contributed by atoms with Crippen molar-refractivity contribution in [1.29, 1.82) is 0 Å². The third kappa shape index (κ3) is 4.40. The summed E-state index contributed by atoms with van der Waals surface area (Å²) in [5, 5.41) is 3.49. The Kier molecular flexibility index (Phi) is 6.66. The SMILES string of the molecule is COCC(CBr)NC(=O)c1ccc(OC)c(OC)c1. The van der Waals surface area contributed by atoms with E-state index in [0.29, 0.717) is 29.0 Å². The van der Waals surface area contributed by atoms with Crippen LogP contribution in [0.4, 0.5) is 0 Å². The zero-order valence-corrected chi connectivity index (χ0v) is 12.8. The molecule has 0 spiro atoms. The molecule has 5 nitrogen and oxygen atoms in total. The molecule has 0 aromatic heterocycles. The van der Waals surface area contributed by atoms with Crippen molar-refractivity contribution in [3.63, 3.8) is 0 Å². The van der Waals surface area contributed by atoms with Crippen LogP contribution in [0.1, 0.15) is 10.4 Å². The summed E-state index contributed by atoms with van der Waals surface area (Å²) < 4.78 is 15.3. The van der Waals surface area contributed by atoms with Crippen LogP contribution in [0.2, 0.25) is 0 Å². The number of carbonyl (C=O) groups excluding carboxylic acids is 1. The Morgan fingerprint density at radius 1 is 1.26 bits per heavy atom. The highest BCUT2D eigenvalue weighted by molar-refractivity contribution is 9.09. The van der Waals surface area contributed by atoms with Gasteiger partial charge >= 0.3 is 0 Å². The van der Waals surface area contributed by atoms with Gasteiger partial charge in [0.25, 0.3) is 5.91 Å². The smallest absolute Gasteiger partial charge is 0.251 e. The first-order valence-electron chi connectivity index (χ1n) is 5.74. The highest BCUT2D eigenvalue weighted by atomic mass is 79.9. The lowest BCUT2D eigenvalue weighted by Crippen LogP contribution is -2.39. The van der Waals surface area contributed by atoms with E-state index in [1.54, 1.807) is 32.4 Å². The molecule has 6 heteroatoms. The monoisotopic (exact) mass is 331 g/mol. The highest BCUT2D eigenvalue weighted by Crippen LogP contribution is 2.27. The van der Waals surface area contributed by atoms with Crippen molar-refractivity contribution in [2.24, 2.45) is 0 Å². The zero-order chi connectivity index (χ0) is 14.3. The van der Waals surface area contributed by atoms with Crippen LogP contribution in [0.25, 0.3) is 0 Å². The second-order valence-electron chi connectivity index (χ2n) is 3.85. The molecule has 1 N–H and O–H groups in total. The standard InChI is InChI=1S/C13H18BrNO4/c1-17-8-10(7-14)15-13(16)9-4-5-11(18-2)12(6-9)19-3/h4-6,10H,7-8H2,1-3H3,(H,15,16). The molecular formula is C13H18BrNO4. The van der Waals surface area contributed by atoms with Crippen LogP contribution < -0.4 is 14.8 Å². The largest absolute Gasteiger partial charge is 0.493 e. The number of benzene rings is 1. The fourth-order valence-corrected chi connectivity index (χ4v) is 1.92. The van der Waals surface area contributed by atoms with Crippen LogP contribution in [0, 0.1) is 0 Å². The topological polar surface area (TPSA) is 56.8 Å². The van der Waals surface area contributed by atoms with Gasteiger partial charge in [-0.2, -0.15) is 0 Å². The predicted molar refractivity (Wildman–Crippen MR) is 76.5 cm³/mol. The van der Waals surface area contributed by atoms with E-state index < -0.39 is 0 Å². The number of amides is 1. The van der Waals surface area contributed by atoms with Gasteiger partial charge in [0, 0.05) is 18.0 Å². The molecule has 0 heterocycles. The number of hydrogen-bond donors (Lipinski definition) is 1. The minimum absolute atomic E-state index is 0.0782. The van der Waals surface area contributed by atoms with E-state index >= 15 is 0 Å². The summed E-state index contributed by atoms with van der Waals surface area (Å²) in [7, 11) is 4.68. The van der Waals surface area contributed by atoms with Crippen LogP contribution in [0.5, 0.6) is 11.5 Å². The van der Waals surface area contributed by atoms with Crippen LogP contribution >= 0.6 is 15.9 Å². The minimum Gasteiger partial charge on any atom is -0.493 e. The number of halogens is 1. The van der Waals surface area contributed by atoms with E-state index in [9.17, 15) is 4.79 Å². The second-order valence-corrected chi connectivity index (χ2v) is 4.50. The molecule has 0 fully saturated rings. The summed E-state index contributed by atoms with van der Waals surface area (Å²) in [5.74, 6) is 0.938. The summed E-state index contributed by atoms with van der Waals surface area (Å²) in [6, 6.07) is 4.96. The van der Waals surface area contributed by atoms with Crippen LogP contribution in [0.3, 0.4) is 0 Å². The molecule has 1 aromatic rings. The zero-order valence-electron chi connectivity index (χ0n) is 11.2. The number of ether oxygens (including phenoxy) is 3. The molecule has 0 aliphatic carbocycles. The molecule has 1 amide bonds. The lowest BCUT2D eigenvalue weighted by Gasteiger charge is -2.16. The van der Waals surface area contributed by atoms with Crippen LogP contribution in [0.15, 0.2) is 18.2 Å². The van der Waals surface area contributed by atoms with Crippen molar-refractivity contribution in [3.05, 3.63) is 23.8 Å². The van der Waals surface area contributed by atoms with E-state index in [4.69, 9.17) is 14.2 Å². The number of nitrogens with one attached hydrogen (secondary N) is 1. The van der Waals surface area contributed by atoms with Gasteiger partial charge in [0.05, 0.1) is 26.9 Å². The van der Waals surface area contributed by atoms with Crippen LogP contribution in [-0.4, -0.2) is 45.2 Å². The van der Waals surface area contributed by atoms with E-state index in [1.165, 1.54) is 7.11 Å². The van der Waals surface area contributed by atoms with Crippen molar-refractivity contribution >= 4 is 21.8 Å². The molecule has 0 saturated carbocycles. The molecule has 0 radical (unpaired) electrons. The number of hydrogen-bond acceptors (Lipinski definition) is 4. The maximum Gasteiger partial charge on any atom is 0.251 e. The van der Waals surface area contributed by atoms with Gasteiger partial charge in [-0.05, 0) is 18.2 Å². The van der Waals surface area contributed by atoms with Crippen molar-refractivity contribution in [2.75, 3.05) is 33.3 Å². The molecule has 0 aliphatic heterocycles. The van der Waals surface area contributed by atoms with Gasteiger partial charge in [0.1, 0.15) is 0 Å². The average molecular weight is 332 g/mol. The quantitative estimate of drug-likeness (QED) is 0.774. The third-order valence-electron chi connectivity index (χ3n) is 2.54. The first kappa shape index (κ1) is 15.8. The Labute approximate surface area is 121 Å². The molecule has 0 saturated heterocycles. The summed E-state index contributed by atoms with van der Waals surface area (Å²) >= 11 is 3.33. The first-order chi connectivity index (χ1) is 9.15. The summed E-state index contributed by atoms with van der Waals surface area (Å²) in [6.07, 6.45) is 0. The molecule has 1 rings (SSSR count). The molecule has 0 bridgehead atoms. The maximum absolute atomic E-state index is 12.1. The Bertz CT molecular complexity index is 425. The molecule has 19 heavy (non-hydrogen) atoms. The van der Waals surface area contributed by atoms with E-state index in [1.807, 2.05) is 0 Å². The minimum atomic E-state index is -0.178. The van der Waals surface area contributed by atoms with Gasteiger partial charge < -0.3 is 19.5 Å². The summed E-state index contributed by atoms with van der Waals surface area (Å²) in [4.78, 5) is 12.1. The summed E-state index contributed by atoms with van der Waals surface area (Å²) in [6.45, 7) is 0.449. The van der Waals surface area contributed by atoms with Gasteiger partial charge in [-0.3, -0.25) is 4.79 Å². The Balaban J connectivity index is 2.82. The fourth-order valence-electron chi connectivity index (χ4n) is 1.57. The normalized spacial score (nSPS) is 11.8. The molecule has 0 aliphatic rings. The predicted octanol–water partition coefficient (Wildman–Crippen LogP) is 1.84. The molecule has 1 aromatic carbocycles. The van der Waals surface area contributed by atoms with Gasteiger partial charge in [-0.25, -0.2) is 0 Å². The van der Waals surface area contributed by atoms with Crippen LogP contribution in [-0.2, 0) is 4.74 Å². The lowest BCUT2D eigenvalue weighted by atomic mass is 10.1. The lowest BCUT2D eigenvalue weighted by molar-refractivity contribution is 0.0907. The van der Waals surface area contributed by atoms with Crippen molar-refractivity contribution in [2.45, 2.75) is 6.04 Å². The van der Waals surface area contributed by atoms with E-state index in [-0.39, 0.29) is 11.9 Å². The Hall–Kier alpha value is -1.27. The molecule has 1 atom stereocenters. The number of methoxy groups -OCH3 is 3. The fraction of sp³-hybridized carbons (Fsp3) is 0.462. The first-order valence-corrected chi connectivity index (χ1v) is 6.86. The third-order valence-corrected chi connectivity index (χ3v) is 3.32. The van der Waals surface area contributed by atoms with Gasteiger partial charge in [-0.1, -0.05) is 15.9 Å². The second kappa shape index (κ2) is 8.01.